The first-order chi connectivity index (χ1) is 16.5. The SMILES string of the molecule is CCCCCCCCCC(=O)O.CCCCCCCCCCCCCCCCCC(O)O.OO. The fourth-order valence-electron chi connectivity index (χ4n) is 3.93. The van der Waals surface area contributed by atoms with Gasteiger partial charge in [0.15, 0.2) is 6.29 Å². The molecule has 208 valence electrons. The standard InChI is InChI=1S/C18H38O2.C10H20O2.H2O2/c1-2-3-4-5-6-7-8-9-10-11-12-13-14-15-16-17-18(19)20;1-2-3-4-5-6-7-8-9-10(11)12;1-2/h18-20H,2-17H2,1H3;2-9H2,1H3,(H,11,12);1-2H. The molecule has 0 aromatic heterocycles. The van der Waals surface area contributed by atoms with E-state index in [2.05, 4.69) is 13.8 Å². The van der Waals surface area contributed by atoms with Crippen LogP contribution in [0.2, 0.25) is 0 Å². The molecule has 0 spiro atoms. The Kier molecular flexibility index (Phi) is 41.0. The Morgan fingerprint density at radius 1 is 0.500 bits per heavy atom. The third kappa shape index (κ3) is 44.9. The number of aliphatic carboxylic acids is 1. The van der Waals surface area contributed by atoms with Gasteiger partial charge in [0.05, 0.1) is 0 Å². The molecule has 6 nitrogen and oxygen atoms in total. The van der Waals surface area contributed by atoms with E-state index < -0.39 is 12.3 Å². The lowest BCUT2D eigenvalue weighted by Gasteiger charge is -2.04. The minimum Gasteiger partial charge on any atom is -0.481 e. The van der Waals surface area contributed by atoms with Crippen LogP contribution in [0.15, 0.2) is 0 Å². The third-order valence-electron chi connectivity index (χ3n) is 6.06. The van der Waals surface area contributed by atoms with Gasteiger partial charge in [-0.25, -0.2) is 0 Å². The Morgan fingerprint density at radius 3 is 1.03 bits per heavy atom. The van der Waals surface area contributed by atoms with E-state index in [0.29, 0.717) is 12.8 Å². The maximum Gasteiger partial charge on any atom is 0.303 e. The van der Waals surface area contributed by atoms with Gasteiger partial charge in [0.25, 0.3) is 0 Å². The van der Waals surface area contributed by atoms with Crippen molar-refractivity contribution in [2.24, 2.45) is 0 Å². The number of carboxylic acids is 1. The van der Waals surface area contributed by atoms with Gasteiger partial charge < -0.3 is 15.3 Å². The van der Waals surface area contributed by atoms with E-state index in [1.165, 1.54) is 116 Å². The molecule has 0 aliphatic carbocycles. The molecule has 0 aliphatic heterocycles. The highest BCUT2D eigenvalue weighted by molar-refractivity contribution is 5.66. The normalized spacial score (nSPS) is 10.4. The predicted molar refractivity (Wildman–Crippen MR) is 143 cm³/mol. The summed E-state index contributed by atoms with van der Waals surface area (Å²) in [5.74, 6) is -0.663. The molecule has 34 heavy (non-hydrogen) atoms. The quantitative estimate of drug-likeness (QED) is 0.0397. The highest BCUT2D eigenvalue weighted by atomic mass is 17.0. The molecule has 0 unspecified atom stereocenters. The summed E-state index contributed by atoms with van der Waals surface area (Å²) in [5, 5.41) is 37.8. The molecular formula is C28H60O6. The van der Waals surface area contributed by atoms with E-state index in [4.69, 9.17) is 25.8 Å². The monoisotopic (exact) mass is 492 g/mol. The van der Waals surface area contributed by atoms with Crippen LogP contribution in [0, 0.1) is 0 Å². The van der Waals surface area contributed by atoms with E-state index in [1.807, 2.05) is 0 Å². The Labute approximate surface area is 211 Å². The Hall–Kier alpha value is -0.690. The van der Waals surface area contributed by atoms with Gasteiger partial charge >= 0.3 is 5.97 Å². The summed E-state index contributed by atoms with van der Waals surface area (Å²) in [7, 11) is 0. The van der Waals surface area contributed by atoms with Gasteiger partial charge in [-0.05, 0) is 19.3 Å². The number of hydrogen-bond acceptors (Lipinski definition) is 5. The van der Waals surface area contributed by atoms with Crippen LogP contribution in [-0.4, -0.2) is 38.1 Å². The zero-order valence-corrected chi connectivity index (χ0v) is 22.7. The number of carbonyl (C=O) groups is 1. The number of hydrogen-bond donors (Lipinski definition) is 5. The molecule has 5 N–H and O–H groups in total. The molecule has 0 aliphatic rings. The van der Waals surface area contributed by atoms with E-state index in [-0.39, 0.29) is 0 Å². The first-order valence-electron chi connectivity index (χ1n) is 14.3. The lowest BCUT2D eigenvalue weighted by atomic mass is 10.0. The first-order valence-corrected chi connectivity index (χ1v) is 14.3. The molecule has 0 aromatic rings. The van der Waals surface area contributed by atoms with E-state index in [0.717, 1.165) is 25.7 Å². The maximum atomic E-state index is 10.1. The molecule has 0 heterocycles. The van der Waals surface area contributed by atoms with Crippen molar-refractivity contribution in [2.45, 2.75) is 174 Å². The van der Waals surface area contributed by atoms with Crippen LogP contribution in [0.1, 0.15) is 168 Å². The zero-order valence-electron chi connectivity index (χ0n) is 22.7. The molecule has 0 bridgehead atoms. The molecule has 0 radical (unpaired) electrons. The van der Waals surface area contributed by atoms with Crippen molar-refractivity contribution >= 4 is 5.97 Å². The van der Waals surface area contributed by atoms with Crippen molar-refractivity contribution in [2.75, 3.05) is 0 Å². The molecule has 0 aromatic carbocycles. The molecule has 0 saturated carbocycles. The summed E-state index contributed by atoms with van der Waals surface area (Å²) >= 11 is 0. The lowest BCUT2D eigenvalue weighted by molar-refractivity contribution is -0.176. The topological polar surface area (TPSA) is 118 Å². The van der Waals surface area contributed by atoms with Crippen LogP contribution in [0.4, 0.5) is 0 Å². The number of unbranched alkanes of at least 4 members (excludes halogenated alkanes) is 20. The number of aliphatic hydroxyl groups excluding tert-OH is 1. The van der Waals surface area contributed by atoms with Crippen LogP contribution in [0.3, 0.4) is 0 Å². The van der Waals surface area contributed by atoms with Gasteiger partial charge in [-0.2, -0.15) is 0 Å². The summed E-state index contributed by atoms with van der Waals surface area (Å²) in [4.78, 5) is 10.1. The summed E-state index contributed by atoms with van der Waals surface area (Å²) in [6.07, 6.45) is 28.3. The highest BCUT2D eigenvalue weighted by Crippen LogP contribution is 2.14. The molecule has 0 atom stereocenters. The van der Waals surface area contributed by atoms with Gasteiger partial charge in [-0.15, -0.1) is 0 Å². The van der Waals surface area contributed by atoms with Crippen molar-refractivity contribution in [3.8, 4) is 0 Å². The van der Waals surface area contributed by atoms with Crippen molar-refractivity contribution < 1.29 is 30.6 Å². The van der Waals surface area contributed by atoms with Crippen molar-refractivity contribution in [3.63, 3.8) is 0 Å². The van der Waals surface area contributed by atoms with Crippen LogP contribution in [-0.2, 0) is 4.79 Å². The predicted octanol–water partition coefficient (Wildman–Crippen LogP) is 8.79. The molecule has 0 amide bonds. The average Bonchev–Trinajstić information content (AvgIpc) is 2.82. The Morgan fingerprint density at radius 2 is 0.765 bits per heavy atom. The second-order valence-electron chi connectivity index (χ2n) is 9.48. The van der Waals surface area contributed by atoms with Crippen molar-refractivity contribution in [3.05, 3.63) is 0 Å². The highest BCUT2D eigenvalue weighted by Gasteiger charge is 1.98. The summed E-state index contributed by atoms with van der Waals surface area (Å²) in [6.45, 7) is 4.47. The fraction of sp³-hybridized carbons (Fsp3) is 0.964. The number of rotatable bonds is 24. The van der Waals surface area contributed by atoms with E-state index >= 15 is 0 Å². The third-order valence-corrected chi connectivity index (χ3v) is 6.06. The maximum absolute atomic E-state index is 10.1. The van der Waals surface area contributed by atoms with Crippen LogP contribution in [0.5, 0.6) is 0 Å². The van der Waals surface area contributed by atoms with Crippen molar-refractivity contribution in [1.29, 1.82) is 0 Å². The van der Waals surface area contributed by atoms with Gasteiger partial charge in [0.1, 0.15) is 0 Å². The van der Waals surface area contributed by atoms with E-state index in [9.17, 15) is 4.79 Å². The smallest absolute Gasteiger partial charge is 0.303 e. The largest absolute Gasteiger partial charge is 0.481 e. The lowest BCUT2D eigenvalue weighted by Crippen LogP contribution is -2.02. The summed E-state index contributed by atoms with van der Waals surface area (Å²) in [5.41, 5.74) is 0. The summed E-state index contributed by atoms with van der Waals surface area (Å²) < 4.78 is 0. The van der Waals surface area contributed by atoms with Gasteiger partial charge in [-0.1, -0.05) is 142 Å². The Balaban J connectivity index is -0.000000585. The van der Waals surface area contributed by atoms with Crippen molar-refractivity contribution in [1.82, 2.24) is 0 Å². The number of carboxylic acid groups (broad SMARTS) is 1. The Bertz CT molecular complexity index is 350. The van der Waals surface area contributed by atoms with Gasteiger partial charge in [0, 0.05) is 6.42 Å². The molecular weight excluding hydrogens is 432 g/mol. The average molecular weight is 493 g/mol. The first kappa shape index (κ1) is 37.9. The van der Waals surface area contributed by atoms with Crippen LogP contribution in [0.25, 0.3) is 0 Å². The minimum atomic E-state index is -1.10. The van der Waals surface area contributed by atoms with Gasteiger partial charge in [-0.3, -0.25) is 15.3 Å². The second-order valence-corrected chi connectivity index (χ2v) is 9.48. The minimum absolute atomic E-state index is 0.341. The second kappa shape index (κ2) is 36.9. The fourth-order valence-corrected chi connectivity index (χ4v) is 3.93. The zero-order chi connectivity index (χ0) is 26.1. The van der Waals surface area contributed by atoms with Crippen LogP contribution >= 0.6 is 0 Å². The molecule has 0 saturated heterocycles. The molecule has 6 heteroatoms. The molecule has 0 rings (SSSR count). The summed E-state index contributed by atoms with van der Waals surface area (Å²) in [6, 6.07) is 0. The molecule has 0 fully saturated rings. The van der Waals surface area contributed by atoms with Crippen LogP contribution < -0.4 is 0 Å². The van der Waals surface area contributed by atoms with Gasteiger partial charge in [0.2, 0.25) is 0 Å². The number of aliphatic hydroxyl groups is 2. The van der Waals surface area contributed by atoms with E-state index in [1.54, 1.807) is 0 Å².